The summed E-state index contributed by atoms with van der Waals surface area (Å²) in [7, 11) is 1.60. The first-order valence-corrected chi connectivity index (χ1v) is 5.42. The van der Waals surface area contributed by atoms with Crippen LogP contribution in [-0.2, 0) is 9.47 Å². The Morgan fingerprint density at radius 2 is 1.65 bits per heavy atom. The number of ketones is 1. The minimum Gasteiger partial charge on any atom is -0.462 e. The van der Waals surface area contributed by atoms with Crippen molar-refractivity contribution < 1.29 is 19.1 Å². The molecule has 4 heteroatoms. The van der Waals surface area contributed by atoms with Crippen LogP contribution in [0.4, 0.5) is 0 Å². The number of carbonyl (C=O) groups excluding carboxylic acids is 2. The summed E-state index contributed by atoms with van der Waals surface area (Å²) in [4.78, 5) is 22.6. The number of hydrogen-bond acceptors (Lipinski definition) is 4. The fraction of sp³-hybridized carbons (Fsp3) is 0.385. The number of ether oxygens (including phenoxy) is 2. The van der Waals surface area contributed by atoms with Crippen molar-refractivity contribution in [3.05, 3.63) is 35.4 Å². The van der Waals surface area contributed by atoms with Gasteiger partial charge in [0.1, 0.15) is 0 Å². The molecule has 0 fully saturated rings. The number of rotatable bonds is 6. The van der Waals surface area contributed by atoms with E-state index in [4.69, 9.17) is 9.47 Å². The van der Waals surface area contributed by atoms with Gasteiger partial charge in [0.15, 0.2) is 5.78 Å². The second kappa shape index (κ2) is 6.81. The summed E-state index contributed by atoms with van der Waals surface area (Å²) < 4.78 is 9.87. The van der Waals surface area contributed by atoms with Gasteiger partial charge in [-0.3, -0.25) is 4.79 Å². The topological polar surface area (TPSA) is 52.6 Å². The van der Waals surface area contributed by atoms with E-state index in [1.54, 1.807) is 31.4 Å². The molecule has 0 saturated heterocycles. The summed E-state index contributed by atoms with van der Waals surface area (Å²) in [5.74, 6) is -0.402. The summed E-state index contributed by atoms with van der Waals surface area (Å²) >= 11 is 0. The fourth-order valence-corrected chi connectivity index (χ4v) is 1.29. The summed E-state index contributed by atoms with van der Waals surface area (Å²) in [6, 6.07) is 6.42. The van der Waals surface area contributed by atoms with Gasteiger partial charge in [-0.15, -0.1) is 0 Å². The molecule has 1 aromatic rings. The Morgan fingerprint density at radius 3 is 2.18 bits per heavy atom. The van der Waals surface area contributed by atoms with Crippen LogP contribution in [0.2, 0.25) is 0 Å². The van der Waals surface area contributed by atoms with Gasteiger partial charge in [-0.25, -0.2) is 4.79 Å². The van der Waals surface area contributed by atoms with Crippen LogP contribution in [0.25, 0.3) is 0 Å². The Kier molecular flexibility index (Phi) is 5.36. The average Bonchev–Trinajstić information content (AvgIpc) is 2.34. The lowest BCUT2D eigenvalue weighted by molar-refractivity contribution is 0.0468. The standard InChI is InChI=1S/C13H16O4/c1-10(14)11-4-6-12(7-5-11)13(15)17-9-3-8-16-2/h4-7H,3,8-9H2,1-2H3. The number of methoxy groups -OCH3 is 1. The largest absolute Gasteiger partial charge is 0.462 e. The molecular formula is C13H16O4. The third kappa shape index (κ3) is 4.36. The molecule has 0 spiro atoms. The van der Waals surface area contributed by atoms with Crippen LogP contribution in [0.15, 0.2) is 24.3 Å². The molecule has 0 bridgehead atoms. The smallest absolute Gasteiger partial charge is 0.338 e. The van der Waals surface area contributed by atoms with E-state index >= 15 is 0 Å². The zero-order valence-corrected chi connectivity index (χ0v) is 10.1. The highest BCUT2D eigenvalue weighted by Crippen LogP contribution is 2.06. The van der Waals surface area contributed by atoms with E-state index in [0.29, 0.717) is 30.8 Å². The molecular weight excluding hydrogens is 220 g/mol. The van der Waals surface area contributed by atoms with E-state index < -0.39 is 0 Å². The van der Waals surface area contributed by atoms with Crippen LogP contribution in [0.3, 0.4) is 0 Å². The first kappa shape index (κ1) is 13.4. The highest BCUT2D eigenvalue weighted by molar-refractivity contribution is 5.96. The average molecular weight is 236 g/mol. The van der Waals surface area contributed by atoms with Crippen LogP contribution < -0.4 is 0 Å². The normalized spacial score (nSPS) is 10.0. The van der Waals surface area contributed by atoms with Crippen molar-refractivity contribution in [2.24, 2.45) is 0 Å². The molecule has 0 aliphatic carbocycles. The Labute approximate surface area is 101 Å². The molecule has 1 aromatic carbocycles. The van der Waals surface area contributed by atoms with E-state index in [-0.39, 0.29) is 11.8 Å². The third-order valence-electron chi connectivity index (χ3n) is 2.25. The molecule has 0 aromatic heterocycles. The minimum atomic E-state index is -0.379. The van der Waals surface area contributed by atoms with Crippen molar-refractivity contribution >= 4 is 11.8 Å². The number of esters is 1. The molecule has 1 rings (SSSR count). The highest BCUT2D eigenvalue weighted by atomic mass is 16.5. The van der Waals surface area contributed by atoms with Gasteiger partial charge in [0.05, 0.1) is 12.2 Å². The van der Waals surface area contributed by atoms with E-state index in [0.717, 1.165) is 0 Å². The van der Waals surface area contributed by atoms with Crippen molar-refractivity contribution in [2.45, 2.75) is 13.3 Å². The Bertz CT molecular complexity index is 381. The van der Waals surface area contributed by atoms with Gasteiger partial charge in [-0.05, 0) is 19.1 Å². The maximum absolute atomic E-state index is 11.5. The number of carbonyl (C=O) groups is 2. The van der Waals surface area contributed by atoms with Gasteiger partial charge in [0, 0.05) is 25.7 Å². The van der Waals surface area contributed by atoms with E-state index in [2.05, 4.69) is 0 Å². The molecule has 17 heavy (non-hydrogen) atoms. The zero-order chi connectivity index (χ0) is 12.7. The molecule has 0 heterocycles. The molecule has 0 amide bonds. The first-order chi connectivity index (χ1) is 8.15. The van der Waals surface area contributed by atoms with Crippen LogP contribution in [-0.4, -0.2) is 32.1 Å². The SMILES string of the molecule is COCCCOC(=O)c1ccc(C(C)=O)cc1. The number of hydrogen-bond donors (Lipinski definition) is 0. The first-order valence-electron chi connectivity index (χ1n) is 5.42. The third-order valence-corrected chi connectivity index (χ3v) is 2.25. The van der Waals surface area contributed by atoms with Crippen molar-refractivity contribution in [3.8, 4) is 0 Å². The van der Waals surface area contributed by atoms with Gasteiger partial charge < -0.3 is 9.47 Å². The Hall–Kier alpha value is -1.68. The minimum absolute atomic E-state index is 0.0231. The van der Waals surface area contributed by atoms with E-state index in [1.165, 1.54) is 6.92 Å². The van der Waals surface area contributed by atoms with E-state index in [1.807, 2.05) is 0 Å². The molecule has 0 aliphatic rings. The van der Waals surface area contributed by atoms with Crippen molar-refractivity contribution in [3.63, 3.8) is 0 Å². The van der Waals surface area contributed by atoms with Crippen LogP contribution in [0.1, 0.15) is 34.1 Å². The lowest BCUT2D eigenvalue weighted by Crippen LogP contribution is -2.08. The monoisotopic (exact) mass is 236 g/mol. The van der Waals surface area contributed by atoms with Crippen LogP contribution >= 0.6 is 0 Å². The molecule has 0 atom stereocenters. The van der Waals surface area contributed by atoms with Crippen LogP contribution in [0, 0.1) is 0 Å². The fourth-order valence-electron chi connectivity index (χ4n) is 1.29. The molecule has 0 unspecified atom stereocenters. The van der Waals surface area contributed by atoms with E-state index in [9.17, 15) is 9.59 Å². The molecule has 0 radical (unpaired) electrons. The lowest BCUT2D eigenvalue weighted by atomic mass is 10.1. The zero-order valence-electron chi connectivity index (χ0n) is 10.1. The second-order valence-corrected chi connectivity index (χ2v) is 3.62. The Morgan fingerprint density at radius 1 is 1.06 bits per heavy atom. The maximum atomic E-state index is 11.5. The number of benzene rings is 1. The van der Waals surface area contributed by atoms with Crippen molar-refractivity contribution in [1.82, 2.24) is 0 Å². The van der Waals surface area contributed by atoms with Gasteiger partial charge in [0.2, 0.25) is 0 Å². The molecule has 0 N–H and O–H groups in total. The summed E-state index contributed by atoms with van der Waals surface area (Å²) in [6.07, 6.45) is 0.674. The van der Waals surface area contributed by atoms with Crippen molar-refractivity contribution in [2.75, 3.05) is 20.3 Å². The summed E-state index contributed by atoms with van der Waals surface area (Å²) in [5.41, 5.74) is 1.04. The summed E-state index contributed by atoms with van der Waals surface area (Å²) in [5, 5.41) is 0. The highest BCUT2D eigenvalue weighted by Gasteiger charge is 2.07. The van der Waals surface area contributed by atoms with Gasteiger partial charge in [-0.1, -0.05) is 12.1 Å². The quantitative estimate of drug-likeness (QED) is 0.431. The van der Waals surface area contributed by atoms with Crippen molar-refractivity contribution in [1.29, 1.82) is 0 Å². The number of Topliss-reactive ketones (excluding diaryl/α,β-unsaturated/α-hetero) is 1. The van der Waals surface area contributed by atoms with Gasteiger partial charge >= 0.3 is 5.97 Å². The predicted octanol–water partition coefficient (Wildman–Crippen LogP) is 2.08. The maximum Gasteiger partial charge on any atom is 0.338 e. The predicted molar refractivity (Wildman–Crippen MR) is 63.2 cm³/mol. The Balaban J connectivity index is 2.49. The van der Waals surface area contributed by atoms with Crippen LogP contribution in [0.5, 0.6) is 0 Å². The lowest BCUT2D eigenvalue weighted by Gasteiger charge is -2.04. The summed E-state index contributed by atoms with van der Waals surface area (Å²) in [6.45, 7) is 2.38. The van der Waals surface area contributed by atoms with Gasteiger partial charge in [-0.2, -0.15) is 0 Å². The molecule has 0 aliphatic heterocycles. The molecule has 92 valence electrons. The second-order valence-electron chi connectivity index (χ2n) is 3.62. The van der Waals surface area contributed by atoms with Gasteiger partial charge in [0.25, 0.3) is 0 Å². The molecule has 4 nitrogen and oxygen atoms in total. The molecule has 0 saturated carbocycles.